The van der Waals surface area contributed by atoms with Gasteiger partial charge in [0.15, 0.2) is 0 Å². The van der Waals surface area contributed by atoms with Gasteiger partial charge in [-0.25, -0.2) is 4.79 Å². The van der Waals surface area contributed by atoms with E-state index in [9.17, 15) is 4.79 Å². The summed E-state index contributed by atoms with van der Waals surface area (Å²) in [6, 6.07) is 7.50. The summed E-state index contributed by atoms with van der Waals surface area (Å²) in [6.45, 7) is 3.71. The predicted octanol–water partition coefficient (Wildman–Crippen LogP) is 4.32. The number of halogens is 2. The zero-order valence-electron chi connectivity index (χ0n) is 9.87. The average molecular weight is 373 g/mol. The third-order valence-corrected chi connectivity index (χ3v) is 3.94. The lowest BCUT2D eigenvalue weighted by molar-refractivity contribution is 0.0696. The molecule has 0 amide bonds. The van der Waals surface area contributed by atoms with Crippen molar-refractivity contribution < 1.29 is 9.90 Å². The van der Waals surface area contributed by atoms with Crippen LogP contribution in [0.1, 0.15) is 21.7 Å². The SMILES string of the molecule is Cc1cc(C(=O)O)c(C)n1-c1ccc(Br)cc1Br. The Morgan fingerprint density at radius 3 is 2.39 bits per heavy atom. The quantitative estimate of drug-likeness (QED) is 0.852. The number of carboxylic acids is 1. The van der Waals surface area contributed by atoms with Gasteiger partial charge in [-0.3, -0.25) is 0 Å². The Balaban J connectivity index is 2.68. The van der Waals surface area contributed by atoms with Crippen molar-refractivity contribution in [3.63, 3.8) is 0 Å². The first-order chi connectivity index (χ1) is 8.41. The molecular formula is C13H11Br2NO2. The summed E-state index contributed by atoms with van der Waals surface area (Å²) in [5.74, 6) is -0.900. The average Bonchev–Trinajstić information content (AvgIpc) is 2.56. The largest absolute Gasteiger partial charge is 0.478 e. The highest BCUT2D eigenvalue weighted by molar-refractivity contribution is 9.11. The van der Waals surface area contributed by atoms with E-state index in [1.807, 2.05) is 36.6 Å². The lowest BCUT2D eigenvalue weighted by atomic mass is 10.2. The maximum atomic E-state index is 11.1. The van der Waals surface area contributed by atoms with Crippen molar-refractivity contribution in [2.45, 2.75) is 13.8 Å². The van der Waals surface area contributed by atoms with Gasteiger partial charge in [0.05, 0.1) is 11.3 Å². The summed E-state index contributed by atoms with van der Waals surface area (Å²) in [5, 5.41) is 9.13. The van der Waals surface area contributed by atoms with E-state index in [4.69, 9.17) is 5.11 Å². The molecule has 94 valence electrons. The number of hydrogen-bond acceptors (Lipinski definition) is 1. The van der Waals surface area contributed by atoms with Gasteiger partial charge in [0, 0.05) is 20.3 Å². The molecule has 0 fully saturated rings. The van der Waals surface area contributed by atoms with Crippen molar-refractivity contribution in [1.82, 2.24) is 4.57 Å². The first-order valence-electron chi connectivity index (χ1n) is 5.29. The van der Waals surface area contributed by atoms with Crippen LogP contribution in [0.15, 0.2) is 33.2 Å². The summed E-state index contributed by atoms with van der Waals surface area (Å²) in [6.07, 6.45) is 0. The van der Waals surface area contributed by atoms with E-state index in [1.165, 1.54) is 0 Å². The van der Waals surface area contributed by atoms with Crippen molar-refractivity contribution in [2.75, 3.05) is 0 Å². The molecule has 2 rings (SSSR count). The summed E-state index contributed by atoms with van der Waals surface area (Å²) in [4.78, 5) is 11.1. The van der Waals surface area contributed by atoms with E-state index >= 15 is 0 Å². The van der Waals surface area contributed by atoms with Crippen molar-refractivity contribution in [1.29, 1.82) is 0 Å². The summed E-state index contributed by atoms with van der Waals surface area (Å²) >= 11 is 6.90. The van der Waals surface area contributed by atoms with Gasteiger partial charge in [0.2, 0.25) is 0 Å². The van der Waals surface area contributed by atoms with Gasteiger partial charge < -0.3 is 9.67 Å². The van der Waals surface area contributed by atoms with Crippen LogP contribution in [0.3, 0.4) is 0 Å². The van der Waals surface area contributed by atoms with Crippen LogP contribution in [0.5, 0.6) is 0 Å². The molecule has 0 aliphatic carbocycles. The Kier molecular flexibility index (Phi) is 3.64. The van der Waals surface area contributed by atoms with Gasteiger partial charge >= 0.3 is 5.97 Å². The van der Waals surface area contributed by atoms with Gasteiger partial charge in [0.25, 0.3) is 0 Å². The number of carboxylic acid groups (broad SMARTS) is 1. The van der Waals surface area contributed by atoms with Crippen LogP contribution in [0.2, 0.25) is 0 Å². The molecular weight excluding hydrogens is 362 g/mol. The minimum Gasteiger partial charge on any atom is -0.478 e. The van der Waals surface area contributed by atoms with E-state index in [2.05, 4.69) is 31.9 Å². The lowest BCUT2D eigenvalue weighted by Crippen LogP contribution is -2.03. The molecule has 2 aromatic rings. The molecule has 0 aliphatic rings. The van der Waals surface area contributed by atoms with Gasteiger partial charge in [-0.2, -0.15) is 0 Å². The Labute approximate surface area is 122 Å². The minimum absolute atomic E-state index is 0.335. The highest BCUT2D eigenvalue weighted by Crippen LogP contribution is 2.29. The first kappa shape index (κ1) is 13.4. The molecule has 1 aromatic heterocycles. The molecule has 5 heteroatoms. The highest BCUT2D eigenvalue weighted by Gasteiger charge is 2.16. The molecule has 0 atom stereocenters. The third kappa shape index (κ3) is 2.24. The zero-order valence-corrected chi connectivity index (χ0v) is 13.0. The van der Waals surface area contributed by atoms with Crippen molar-refractivity contribution >= 4 is 37.8 Å². The second-order valence-electron chi connectivity index (χ2n) is 4.02. The molecule has 3 nitrogen and oxygen atoms in total. The molecule has 0 unspecified atom stereocenters. The zero-order chi connectivity index (χ0) is 13.4. The summed E-state index contributed by atoms with van der Waals surface area (Å²) < 4.78 is 3.81. The normalized spacial score (nSPS) is 10.7. The molecule has 0 radical (unpaired) electrons. The van der Waals surface area contributed by atoms with Gasteiger partial charge in [-0.1, -0.05) is 15.9 Å². The number of aromatic carboxylic acids is 1. The van der Waals surface area contributed by atoms with Crippen LogP contribution < -0.4 is 0 Å². The Morgan fingerprint density at radius 2 is 1.89 bits per heavy atom. The fourth-order valence-corrected chi connectivity index (χ4v) is 3.24. The topological polar surface area (TPSA) is 42.2 Å². The fraction of sp³-hybridized carbons (Fsp3) is 0.154. The van der Waals surface area contributed by atoms with Crippen LogP contribution in [-0.2, 0) is 0 Å². The van der Waals surface area contributed by atoms with Crippen LogP contribution in [0.25, 0.3) is 5.69 Å². The summed E-state index contributed by atoms with van der Waals surface area (Å²) in [7, 11) is 0. The summed E-state index contributed by atoms with van der Waals surface area (Å²) in [5.41, 5.74) is 2.89. The smallest absolute Gasteiger partial charge is 0.337 e. The molecule has 1 heterocycles. The van der Waals surface area contributed by atoms with Crippen LogP contribution >= 0.6 is 31.9 Å². The van der Waals surface area contributed by atoms with E-state index < -0.39 is 5.97 Å². The molecule has 1 N–H and O–H groups in total. The molecule has 1 aromatic carbocycles. The van der Waals surface area contributed by atoms with Crippen molar-refractivity contribution in [3.05, 3.63) is 50.2 Å². The lowest BCUT2D eigenvalue weighted by Gasteiger charge is -2.12. The fourth-order valence-electron chi connectivity index (χ4n) is 2.01. The number of nitrogens with zero attached hydrogens (tertiary/aromatic N) is 1. The maximum Gasteiger partial charge on any atom is 0.337 e. The first-order valence-corrected chi connectivity index (χ1v) is 6.88. The highest BCUT2D eigenvalue weighted by atomic mass is 79.9. The second-order valence-corrected chi connectivity index (χ2v) is 5.79. The van der Waals surface area contributed by atoms with Gasteiger partial charge in [-0.15, -0.1) is 0 Å². The Bertz CT molecular complexity index is 632. The second kappa shape index (κ2) is 4.90. The molecule has 0 bridgehead atoms. The Hall–Kier alpha value is -1.07. The van der Waals surface area contributed by atoms with E-state index in [0.717, 1.165) is 26.0 Å². The van der Waals surface area contributed by atoms with Crippen molar-refractivity contribution in [3.8, 4) is 5.69 Å². The molecule has 0 aliphatic heterocycles. The van der Waals surface area contributed by atoms with Crippen molar-refractivity contribution in [2.24, 2.45) is 0 Å². The molecule has 18 heavy (non-hydrogen) atoms. The number of aryl methyl sites for hydroxylation is 1. The molecule has 0 spiro atoms. The monoisotopic (exact) mass is 371 g/mol. The van der Waals surface area contributed by atoms with E-state index in [-0.39, 0.29) is 0 Å². The van der Waals surface area contributed by atoms with Crippen LogP contribution in [0.4, 0.5) is 0 Å². The number of rotatable bonds is 2. The van der Waals surface area contributed by atoms with Gasteiger partial charge in [0.1, 0.15) is 0 Å². The number of carbonyl (C=O) groups is 1. The third-order valence-electron chi connectivity index (χ3n) is 2.81. The van der Waals surface area contributed by atoms with E-state index in [0.29, 0.717) is 5.56 Å². The Morgan fingerprint density at radius 1 is 1.22 bits per heavy atom. The van der Waals surface area contributed by atoms with E-state index in [1.54, 1.807) is 6.07 Å². The van der Waals surface area contributed by atoms with Crippen LogP contribution in [-0.4, -0.2) is 15.6 Å². The standard InChI is InChI=1S/C13H11Br2NO2/c1-7-5-10(13(17)18)8(2)16(7)12-4-3-9(14)6-11(12)15/h3-6H,1-2H3,(H,17,18). The molecule has 0 saturated heterocycles. The maximum absolute atomic E-state index is 11.1. The predicted molar refractivity (Wildman–Crippen MR) is 77.6 cm³/mol. The number of benzene rings is 1. The van der Waals surface area contributed by atoms with Crippen LogP contribution in [0, 0.1) is 13.8 Å². The number of hydrogen-bond donors (Lipinski definition) is 1. The molecule has 0 saturated carbocycles. The minimum atomic E-state index is -0.900. The van der Waals surface area contributed by atoms with Gasteiger partial charge in [-0.05, 0) is 54.0 Å². The number of aromatic nitrogens is 1.